The number of unbranched alkanes of at least 4 members (excludes halogenated alkanes) is 4. The molecular formula is C25H42N7O5. The molecule has 0 fully saturated rings. The second-order valence-electron chi connectivity index (χ2n) is 9.09. The van der Waals surface area contributed by atoms with Gasteiger partial charge in [0.25, 0.3) is 5.96 Å². The van der Waals surface area contributed by atoms with E-state index in [0.717, 1.165) is 18.6 Å². The maximum absolute atomic E-state index is 12.6. The van der Waals surface area contributed by atoms with E-state index in [4.69, 9.17) is 10.1 Å². The topological polar surface area (TPSA) is 171 Å². The number of ether oxygens (including phenoxy) is 1. The van der Waals surface area contributed by atoms with E-state index in [-0.39, 0.29) is 18.9 Å². The van der Waals surface area contributed by atoms with E-state index in [1.807, 2.05) is 13.8 Å². The van der Waals surface area contributed by atoms with Crippen molar-refractivity contribution in [1.29, 1.82) is 5.41 Å². The third-order valence-corrected chi connectivity index (χ3v) is 5.26. The molecule has 0 heterocycles. The van der Waals surface area contributed by atoms with Gasteiger partial charge in [-0.2, -0.15) is 0 Å². The molecule has 1 radical (unpaired) electrons. The molecule has 0 aliphatic carbocycles. The van der Waals surface area contributed by atoms with Crippen molar-refractivity contribution < 1.29 is 19.4 Å². The lowest BCUT2D eigenvalue weighted by atomic mass is 10.1. The summed E-state index contributed by atoms with van der Waals surface area (Å²) >= 11 is 0. The molecule has 0 saturated carbocycles. The number of hydrogen-bond donors (Lipinski definition) is 6. The van der Waals surface area contributed by atoms with E-state index in [9.17, 15) is 19.7 Å². The standard InChI is InChI=1S/C25H42N7O5/c1-4-5-6-7-8-18-37-21-13-11-20(12-14-21)29-25(34)30-22(23(33)27-17-15-19(2)3)10-9-16-28-24(26)31-32(35)36/h11-14,17,19,22H,4-10,15-16,18H2,1-3H3,(H,27,33)(H3,26,28,31)(H2,29,30,34)/t22-/m0/s1. The van der Waals surface area contributed by atoms with Gasteiger partial charge in [-0.25, -0.2) is 14.9 Å². The summed E-state index contributed by atoms with van der Waals surface area (Å²) in [6.07, 6.45) is 7.14. The number of urea groups is 1. The van der Waals surface area contributed by atoms with Crippen LogP contribution >= 0.6 is 0 Å². The van der Waals surface area contributed by atoms with Crippen LogP contribution in [0.15, 0.2) is 24.3 Å². The van der Waals surface area contributed by atoms with Crippen LogP contribution < -0.4 is 31.4 Å². The molecule has 207 valence electrons. The minimum Gasteiger partial charge on any atom is -0.494 e. The Morgan fingerprint density at radius 1 is 1.11 bits per heavy atom. The maximum atomic E-state index is 12.6. The average Bonchev–Trinajstić information content (AvgIpc) is 2.83. The minimum absolute atomic E-state index is 0.211. The molecule has 0 saturated heterocycles. The van der Waals surface area contributed by atoms with Gasteiger partial charge in [-0.3, -0.25) is 10.2 Å². The van der Waals surface area contributed by atoms with E-state index in [0.29, 0.717) is 31.1 Å². The van der Waals surface area contributed by atoms with Gasteiger partial charge < -0.3 is 26.0 Å². The van der Waals surface area contributed by atoms with E-state index < -0.39 is 23.1 Å². The largest absolute Gasteiger partial charge is 0.494 e. The van der Waals surface area contributed by atoms with Gasteiger partial charge in [0.2, 0.25) is 5.91 Å². The number of hydrogen-bond acceptors (Lipinski definition) is 6. The lowest BCUT2D eigenvalue weighted by Gasteiger charge is -2.19. The lowest BCUT2D eigenvalue weighted by Crippen LogP contribution is -2.48. The third-order valence-electron chi connectivity index (χ3n) is 5.26. The molecule has 0 aromatic heterocycles. The predicted molar refractivity (Wildman–Crippen MR) is 144 cm³/mol. The van der Waals surface area contributed by atoms with Gasteiger partial charge >= 0.3 is 6.03 Å². The molecule has 37 heavy (non-hydrogen) atoms. The Morgan fingerprint density at radius 3 is 2.46 bits per heavy atom. The van der Waals surface area contributed by atoms with Crippen molar-refractivity contribution in [2.45, 2.75) is 78.2 Å². The monoisotopic (exact) mass is 520 g/mol. The number of benzene rings is 1. The van der Waals surface area contributed by atoms with E-state index in [1.54, 1.807) is 36.2 Å². The van der Waals surface area contributed by atoms with Crippen LogP contribution in [0.4, 0.5) is 10.5 Å². The number of nitrogens with zero attached hydrogens (tertiary/aromatic N) is 1. The van der Waals surface area contributed by atoms with E-state index >= 15 is 0 Å². The van der Waals surface area contributed by atoms with Crippen molar-refractivity contribution in [3.63, 3.8) is 0 Å². The van der Waals surface area contributed by atoms with Gasteiger partial charge in [-0.1, -0.05) is 51.9 Å². The fourth-order valence-electron chi connectivity index (χ4n) is 3.27. The summed E-state index contributed by atoms with van der Waals surface area (Å²) in [7, 11) is 0. The molecule has 12 nitrogen and oxygen atoms in total. The van der Waals surface area contributed by atoms with Crippen LogP contribution in [-0.4, -0.2) is 42.1 Å². The van der Waals surface area contributed by atoms with Crippen LogP contribution in [0.25, 0.3) is 0 Å². The van der Waals surface area contributed by atoms with Gasteiger partial charge in [0, 0.05) is 18.8 Å². The maximum Gasteiger partial charge on any atom is 0.319 e. The van der Waals surface area contributed by atoms with Crippen molar-refractivity contribution >= 4 is 23.6 Å². The van der Waals surface area contributed by atoms with Gasteiger partial charge in [-0.15, -0.1) is 0 Å². The number of guanidine groups is 1. The highest BCUT2D eigenvalue weighted by Crippen LogP contribution is 2.16. The van der Waals surface area contributed by atoms with Crippen LogP contribution in [0, 0.1) is 28.0 Å². The van der Waals surface area contributed by atoms with Crippen molar-refractivity contribution in [3.05, 3.63) is 40.9 Å². The number of rotatable bonds is 18. The summed E-state index contributed by atoms with van der Waals surface area (Å²) in [5, 5.41) is 27.6. The summed E-state index contributed by atoms with van der Waals surface area (Å²) in [6.45, 7) is 8.75. The molecule has 0 aliphatic heterocycles. The molecule has 1 aromatic rings. The second kappa shape index (κ2) is 18.7. The highest BCUT2D eigenvalue weighted by Gasteiger charge is 2.20. The van der Waals surface area contributed by atoms with Crippen molar-refractivity contribution in [1.82, 2.24) is 21.4 Å². The first kappa shape index (κ1) is 31.5. The number of hydrazine groups is 1. The number of nitrogens with one attached hydrogen (secondary N) is 6. The molecule has 0 unspecified atom stereocenters. The number of amides is 3. The fourth-order valence-corrected chi connectivity index (χ4v) is 3.27. The van der Waals surface area contributed by atoms with Crippen LogP contribution in [0.5, 0.6) is 5.75 Å². The highest BCUT2D eigenvalue weighted by atomic mass is 16.7. The first-order chi connectivity index (χ1) is 17.7. The van der Waals surface area contributed by atoms with Crippen molar-refractivity contribution in [3.8, 4) is 5.75 Å². The van der Waals surface area contributed by atoms with Crippen molar-refractivity contribution in [2.24, 2.45) is 5.92 Å². The minimum atomic E-state index is -0.838. The summed E-state index contributed by atoms with van der Waals surface area (Å²) < 4.78 is 5.74. The Hall–Kier alpha value is -3.57. The third kappa shape index (κ3) is 15.9. The number of nitro groups is 1. The Bertz CT molecular complexity index is 833. The molecular weight excluding hydrogens is 478 g/mol. The van der Waals surface area contributed by atoms with E-state index in [2.05, 4.69) is 28.2 Å². The molecule has 0 aliphatic rings. The molecule has 0 bridgehead atoms. The number of carbonyl (C=O) groups excluding carboxylic acids is 2. The summed E-state index contributed by atoms with van der Waals surface area (Å²) in [5.74, 6) is 0.277. The molecule has 3 amide bonds. The lowest BCUT2D eigenvalue weighted by molar-refractivity contribution is -0.525. The molecule has 1 rings (SSSR count). The molecule has 1 atom stereocenters. The Kier molecular flexibility index (Phi) is 15.9. The van der Waals surface area contributed by atoms with Gasteiger partial charge in [0.1, 0.15) is 11.8 Å². The number of carbonyl (C=O) groups is 2. The Morgan fingerprint density at radius 2 is 1.81 bits per heavy atom. The Balaban J connectivity index is 2.55. The molecule has 0 spiro atoms. The average molecular weight is 521 g/mol. The van der Waals surface area contributed by atoms with Crippen LogP contribution in [0.1, 0.15) is 72.1 Å². The van der Waals surface area contributed by atoms with Crippen molar-refractivity contribution in [2.75, 3.05) is 18.5 Å². The predicted octanol–water partition coefficient (Wildman–Crippen LogP) is 3.94. The zero-order valence-electron chi connectivity index (χ0n) is 22.1. The summed E-state index contributed by atoms with van der Waals surface area (Å²) in [6, 6.07) is 5.66. The quantitative estimate of drug-likeness (QED) is 0.0559. The smallest absolute Gasteiger partial charge is 0.319 e. The van der Waals surface area contributed by atoms with Crippen LogP contribution in [0.3, 0.4) is 0 Å². The van der Waals surface area contributed by atoms with Crippen LogP contribution in [0.2, 0.25) is 0 Å². The SMILES string of the molecule is CCCCCCCOc1ccc(NC(=O)N[C@@H](CCCNC(=N)N[N+](=O)[O-])C(=O)N[CH]CC(C)C)cc1. The zero-order valence-corrected chi connectivity index (χ0v) is 22.1. The van der Waals surface area contributed by atoms with Gasteiger partial charge in [-0.05, 0) is 55.9 Å². The van der Waals surface area contributed by atoms with E-state index in [1.165, 1.54) is 19.3 Å². The first-order valence-corrected chi connectivity index (χ1v) is 12.9. The zero-order chi connectivity index (χ0) is 27.5. The molecule has 12 heteroatoms. The summed E-state index contributed by atoms with van der Waals surface area (Å²) in [4.78, 5) is 35.6. The summed E-state index contributed by atoms with van der Waals surface area (Å²) in [5.41, 5.74) is 2.25. The Labute approximate surface area is 219 Å². The van der Waals surface area contributed by atoms with Gasteiger partial charge in [0.05, 0.1) is 6.61 Å². The molecule has 1 aromatic carbocycles. The number of anilines is 1. The second-order valence-corrected chi connectivity index (χ2v) is 9.09. The highest BCUT2D eigenvalue weighted by molar-refractivity contribution is 5.93. The normalized spacial score (nSPS) is 11.4. The van der Waals surface area contributed by atoms with Crippen LogP contribution in [-0.2, 0) is 4.79 Å². The fraction of sp³-hybridized carbons (Fsp3) is 0.600. The van der Waals surface area contributed by atoms with Gasteiger partial charge in [0.15, 0.2) is 5.03 Å². The molecule has 6 N–H and O–H groups in total. The first-order valence-electron chi connectivity index (χ1n) is 12.9.